The number of carbonyl (C=O) groups excluding carboxylic acids is 1. The van der Waals surface area contributed by atoms with Crippen molar-refractivity contribution >= 4 is 21.6 Å². The van der Waals surface area contributed by atoms with Crippen LogP contribution in [0.3, 0.4) is 0 Å². The second-order valence-corrected chi connectivity index (χ2v) is 8.42. The number of anilines is 1. The molecule has 2 aromatic carbocycles. The molecule has 0 aliphatic rings. The SMILES string of the molecule is Cc1cc(S(=O)(=O)Nc2ccccc2C(=O)NCC(C)(C)N)ccc1F. The molecule has 0 aliphatic carbocycles. The lowest BCUT2D eigenvalue weighted by Crippen LogP contribution is -2.45. The van der Waals surface area contributed by atoms with Crippen LogP contribution in [0.2, 0.25) is 0 Å². The second kappa shape index (κ2) is 7.43. The largest absolute Gasteiger partial charge is 0.350 e. The summed E-state index contributed by atoms with van der Waals surface area (Å²) in [7, 11) is -3.97. The number of sulfonamides is 1. The molecule has 26 heavy (non-hydrogen) atoms. The number of benzene rings is 2. The molecule has 0 radical (unpaired) electrons. The maximum absolute atomic E-state index is 13.4. The summed E-state index contributed by atoms with van der Waals surface area (Å²) in [6, 6.07) is 9.72. The minimum Gasteiger partial charge on any atom is -0.350 e. The molecule has 0 fully saturated rings. The molecule has 1 amide bonds. The highest BCUT2D eigenvalue weighted by atomic mass is 32.2. The van der Waals surface area contributed by atoms with Gasteiger partial charge in [-0.25, -0.2) is 12.8 Å². The predicted octanol–water partition coefficient (Wildman–Crippen LogP) is 2.40. The lowest BCUT2D eigenvalue weighted by Gasteiger charge is -2.19. The zero-order chi connectivity index (χ0) is 19.5. The fraction of sp³-hybridized carbons (Fsp3) is 0.278. The molecule has 2 aromatic rings. The van der Waals surface area contributed by atoms with E-state index in [2.05, 4.69) is 10.0 Å². The van der Waals surface area contributed by atoms with Gasteiger partial charge in [-0.2, -0.15) is 0 Å². The third kappa shape index (κ3) is 5.03. The first kappa shape index (κ1) is 19.9. The van der Waals surface area contributed by atoms with Gasteiger partial charge in [0.05, 0.1) is 16.1 Å². The summed E-state index contributed by atoms with van der Waals surface area (Å²) in [5, 5.41) is 2.67. The Labute approximate surface area is 152 Å². The third-order valence-corrected chi connectivity index (χ3v) is 4.92. The van der Waals surface area contributed by atoms with Gasteiger partial charge in [-0.05, 0) is 56.7 Å². The summed E-state index contributed by atoms with van der Waals surface area (Å²) in [5.41, 5.74) is 5.75. The molecular weight excluding hydrogens is 357 g/mol. The molecular formula is C18H22FN3O3S. The first-order chi connectivity index (χ1) is 12.0. The fourth-order valence-corrected chi connectivity index (χ4v) is 3.33. The van der Waals surface area contributed by atoms with Crippen molar-refractivity contribution in [3.05, 3.63) is 59.4 Å². The summed E-state index contributed by atoms with van der Waals surface area (Å²) in [4.78, 5) is 12.3. The van der Waals surface area contributed by atoms with Crippen molar-refractivity contribution in [3.63, 3.8) is 0 Å². The molecule has 0 unspecified atom stereocenters. The van der Waals surface area contributed by atoms with E-state index in [1.807, 2.05) is 0 Å². The Hall–Kier alpha value is -2.45. The number of carbonyl (C=O) groups is 1. The average molecular weight is 379 g/mol. The zero-order valence-electron chi connectivity index (χ0n) is 14.8. The Balaban J connectivity index is 2.29. The summed E-state index contributed by atoms with van der Waals surface area (Å²) >= 11 is 0. The number of halogens is 1. The number of nitrogens with two attached hydrogens (primary N) is 1. The van der Waals surface area contributed by atoms with Gasteiger partial charge in [-0.1, -0.05) is 12.1 Å². The smallest absolute Gasteiger partial charge is 0.261 e. The van der Waals surface area contributed by atoms with Gasteiger partial charge in [0.1, 0.15) is 5.82 Å². The van der Waals surface area contributed by atoms with Gasteiger partial charge in [-0.3, -0.25) is 9.52 Å². The van der Waals surface area contributed by atoms with Crippen LogP contribution >= 0.6 is 0 Å². The van der Waals surface area contributed by atoms with Crippen molar-refractivity contribution in [3.8, 4) is 0 Å². The van der Waals surface area contributed by atoms with Gasteiger partial charge in [-0.15, -0.1) is 0 Å². The molecule has 0 saturated heterocycles. The highest BCUT2D eigenvalue weighted by Gasteiger charge is 2.20. The molecule has 140 valence electrons. The Morgan fingerprint density at radius 2 is 1.85 bits per heavy atom. The van der Waals surface area contributed by atoms with E-state index < -0.39 is 27.3 Å². The maximum Gasteiger partial charge on any atom is 0.261 e. The zero-order valence-corrected chi connectivity index (χ0v) is 15.7. The first-order valence-electron chi connectivity index (χ1n) is 7.95. The second-order valence-electron chi connectivity index (χ2n) is 6.73. The van der Waals surface area contributed by atoms with Crippen molar-refractivity contribution < 1.29 is 17.6 Å². The van der Waals surface area contributed by atoms with Crippen molar-refractivity contribution in [1.29, 1.82) is 0 Å². The van der Waals surface area contributed by atoms with Crippen molar-refractivity contribution in [2.24, 2.45) is 5.73 Å². The first-order valence-corrected chi connectivity index (χ1v) is 9.43. The fourth-order valence-electron chi connectivity index (χ4n) is 2.16. The summed E-state index contributed by atoms with van der Waals surface area (Å²) < 4.78 is 40.9. The third-order valence-electron chi connectivity index (χ3n) is 3.56. The van der Waals surface area contributed by atoms with Gasteiger partial charge in [0.15, 0.2) is 0 Å². The van der Waals surface area contributed by atoms with Gasteiger partial charge >= 0.3 is 0 Å². The van der Waals surface area contributed by atoms with Crippen molar-refractivity contribution in [2.45, 2.75) is 31.2 Å². The van der Waals surface area contributed by atoms with Gasteiger partial charge in [0.25, 0.3) is 15.9 Å². The number of para-hydroxylation sites is 1. The number of hydrogen-bond donors (Lipinski definition) is 3. The van der Waals surface area contributed by atoms with Crippen LogP contribution in [-0.2, 0) is 10.0 Å². The van der Waals surface area contributed by atoms with Gasteiger partial charge in [0, 0.05) is 12.1 Å². The molecule has 0 spiro atoms. The molecule has 0 heterocycles. The standard InChI is InChI=1S/C18H22FN3O3S/c1-12-10-13(8-9-15(12)19)26(24,25)22-16-7-5-4-6-14(16)17(23)21-11-18(2,3)20/h4-10,22H,11,20H2,1-3H3,(H,21,23). The molecule has 0 aliphatic heterocycles. The molecule has 0 atom stereocenters. The van der Waals surface area contributed by atoms with Crippen LogP contribution < -0.4 is 15.8 Å². The predicted molar refractivity (Wildman–Crippen MR) is 99.0 cm³/mol. The van der Waals surface area contributed by atoms with E-state index in [4.69, 9.17) is 5.73 Å². The van der Waals surface area contributed by atoms with Crippen LogP contribution in [0.5, 0.6) is 0 Å². The number of hydrogen-bond acceptors (Lipinski definition) is 4. The molecule has 0 aromatic heterocycles. The number of aryl methyl sites for hydroxylation is 1. The molecule has 8 heteroatoms. The van der Waals surface area contributed by atoms with Crippen LogP contribution in [0.25, 0.3) is 0 Å². The van der Waals surface area contributed by atoms with Crippen LogP contribution in [-0.4, -0.2) is 26.4 Å². The number of nitrogens with one attached hydrogen (secondary N) is 2. The summed E-state index contributed by atoms with van der Waals surface area (Å²) in [6.45, 7) is 5.23. The van der Waals surface area contributed by atoms with Gasteiger partial charge < -0.3 is 11.1 Å². The Morgan fingerprint density at radius 3 is 2.46 bits per heavy atom. The van der Waals surface area contributed by atoms with Gasteiger partial charge in [0.2, 0.25) is 0 Å². The quantitative estimate of drug-likeness (QED) is 0.717. The number of rotatable bonds is 6. The highest BCUT2D eigenvalue weighted by molar-refractivity contribution is 7.92. The average Bonchev–Trinajstić information content (AvgIpc) is 2.54. The van der Waals surface area contributed by atoms with E-state index in [1.165, 1.54) is 31.2 Å². The molecule has 0 saturated carbocycles. The van der Waals surface area contributed by atoms with E-state index >= 15 is 0 Å². The van der Waals surface area contributed by atoms with E-state index in [0.717, 1.165) is 6.07 Å². The lowest BCUT2D eigenvalue weighted by molar-refractivity contribution is 0.0947. The Kier molecular flexibility index (Phi) is 5.68. The van der Waals surface area contributed by atoms with Crippen molar-refractivity contribution in [1.82, 2.24) is 5.32 Å². The minimum absolute atomic E-state index is 0.0882. The molecule has 4 N–H and O–H groups in total. The summed E-state index contributed by atoms with van der Waals surface area (Å²) in [6.07, 6.45) is 0. The van der Waals surface area contributed by atoms with Crippen LogP contribution in [0.1, 0.15) is 29.8 Å². The van der Waals surface area contributed by atoms with Crippen molar-refractivity contribution in [2.75, 3.05) is 11.3 Å². The van der Waals surface area contributed by atoms with Crippen LogP contribution in [0.4, 0.5) is 10.1 Å². The number of amides is 1. The topological polar surface area (TPSA) is 101 Å². The normalized spacial score (nSPS) is 11.9. The monoisotopic (exact) mass is 379 g/mol. The summed E-state index contributed by atoms with van der Waals surface area (Å²) in [5.74, 6) is -0.940. The molecule has 6 nitrogen and oxygen atoms in total. The maximum atomic E-state index is 13.4. The minimum atomic E-state index is -3.97. The van der Waals surface area contributed by atoms with E-state index in [1.54, 1.807) is 26.0 Å². The Bertz CT molecular complexity index is 922. The van der Waals surface area contributed by atoms with E-state index in [0.29, 0.717) is 0 Å². The lowest BCUT2D eigenvalue weighted by atomic mass is 10.1. The van der Waals surface area contributed by atoms with Crippen LogP contribution in [0.15, 0.2) is 47.4 Å². The highest BCUT2D eigenvalue weighted by Crippen LogP contribution is 2.21. The molecule has 0 bridgehead atoms. The van der Waals surface area contributed by atoms with Crippen LogP contribution in [0, 0.1) is 12.7 Å². The molecule has 2 rings (SSSR count). The van der Waals surface area contributed by atoms with E-state index in [9.17, 15) is 17.6 Å². The van der Waals surface area contributed by atoms with E-state index in [-0.39, 0.29) is 28.3 Å². The Morgan fingerprint density at radius 1 is 1.19 bits per heavy atom.